The molecule has 0 aliphatic heterocycles. The van der Waals surface area contributed by atoms with Gasteiger partial charge in [-0.25, -0.2) is 9.97 Å². The molecule has 86 valence electrons. The monoisotopic (exact) mass is 281 g/mol. The predicted molar refractivity (Wildman–Crippen MR) is 70.4 cm³/mol. The molecule has 1 aromatic rings. The zero-order chi connectivity index (χ0) is 12.2. The molecule has 1 rings (SSSR count). The second-order valence-electron chi connectivity index (χ2n) is 4.43. The average Bonchev–Trinajstić information content (AvgIpc) is 2.16. The molecule has 1 aromatic heterocycles. The third-order valence-electron chi connectivity index (χ3n) is 1.90. The van der Waals surface area contributed by atoms with Gasteiger partial charge < -0.3 is 5.32 Å². The summed E-state index contributed by atoms with van der Waals surface area (Å²) in [5.41, 5.74) is -0.0589. The zero-order valence-electron chi connectivity index (χ0n) is 10.1. The molecule has 0 atom stereocenters. The first-order chi connectivity index (χ1) is 7.43. The molecule has 0 aromatic carbocycles. The van der Waals surface area contributed by atoms with Crippen LogP contribution in [0.4, 0.5) is 5.82 Å². The number of halogens is 1. The molecule has 0 fully saturated rings. The smallest absolute Gasteiger partial charge is 0.137 e. The summed E-state index contributed by atoms with van der Waals surface area (Å²) in [5.74, 6) is 7.38. The minimum atomic E-state index is -0.0589. The zero-order valence-corrected chi connectivity index (χ0v) is 11.6. The number of anilines is 1. The van der Waals surface area contributed by atoms with Crippen molar-refractivity contribution in [2.75, 3.05) is 11.9 Å². The van der Waals surface area contributed by atoms with Gasteiger partial charge in [-0.15, -0.1) is 5.92 Å². The van der Waals surface area contributed by atoms with Gasteiger partial charge in [-0.1, -0.05) is 26.7 Å². The first kappa shape index (κ1) is 13.0. The second kappa shape index (κ2) is 5.31. The standard InChI is InChI=1S/C12H16BrN3/c1-5-6-7-14-10-8-9(13)15-11(16-10)12(2,3)4/h8H,7H2,1-4H3,(H,14,15,16). The van der Waals surface area contributed by atoms with Crippen LogP contribution in [0.5, 0.6) is 0 Å². The summed E-state index contributed by atoms with van der Waals surface area (Å²) in [5, 5.41) is 3.14. The van der Waals surface area contributed by atoms with Crippen LogP contribution in [0.25, 0.3) is 0 Å². The lowest BCUT2D eigenvalue weighted by molar-refractivity contribution is 0.544. The molecule has 1 heterocycles. The topological polar surface area (TPSA) is 37.8 Å². The first-order valence-electron chi connectivity index (χ1n) is 5.12. The molecule has 0 spiro atoms. The highest BCUT2D eigenvalue weighted by molar-refractivity contribution is 9.10. The molecule has 0 radical (unpaired) electrons. The summed E-state index contributed by atoms with van der Waals surface area (Å²) in [4.78, 5) is 8.82. The maximum atomic E-state index is 4.46. The Kier molecular flexibility index (Phi) is 4.31. The van der Waals surface area contributed by atoms with Crippen molar-refractivity contribution in [3.05, 3.63) is 16.5 Å². The van der Waals surface area contributed by atoms with Crippen molar-refractivity contribution in [1.82, 2.24) is 9.97 Å². The van der Waals surface area contributed by atoms with E-state index in [-0.39, 0.29) is 5.41 Å². The van der Waals surface area contributed by atoms with Gasteiger partial charge in [-0.2, -0.15) is 0 Å². The van der Waals surface area contributed by atoms with Gasteiger partial charge in [0, 0.05) is 11.5 Å². The predicted octanol–water partition coefficient (Wildman–Crippen LogP) is 2.97. The third-order valence-corrected chi connectivity index (χ3v) is 2.31. The fraction of sp³-hybridized carbons (Fsp3) is 0.500. The maximum absolute atomic E-state index is 4.46. The Labute approximate surface area is 105 Å². The number of hydrogen-bond acceptors (Lipinski definition) is 3. The molecule has 1 N–H and O–H groups in total. The number of aromatic nitrogens is 2. The molecule has 0 saturated heterocycles. The van der Waals surface area contributed by atoms with Gasteiger partial charge in [0.15, 0.2) is 0 Å². The van der Waals surface area contributed by atoms with Crippen LogP contribution in [-0.4, -0.2) is 16.5 Å². The van der Waals surface area contributed by atoms with E-state index in [1.165, 1.54) is 0 Å². The molecule has 0 aliphatic rings. The van der Waals surface area contributed by atoms with Crippen LogP contribution in [0.3, 0.4) is 0 Å². The Hall–Kier alpha value is -1.08. The van der Waals surface area contributed by atoms with Crippen LogP contribution in [0.1, 0.15) is 33.5 Å². The van der Waals surface area contributed by atoms with Gasteiger partial charge in [0.1, 0.15) is 16.2 Å². The lowest BCUT2D eigenvalue weighted by Crippen LogP contribution is -2.17. The SMILES string of the molecule is CC#CCNc1cc(Br)nc(C(C)(C)C)n1. The Balaban J connectivity index is 2.93. The van der Waals surface area contributed by atoms with Gasteiger partial charge in [-0.05, 0) is 22.9 Å². The van der Waals surface area contributed by atoms with Gasteiger partial charge in [0.25, 0.3) is 0 Å². The van der Waals surface area contributed by atoms with Crippen molar-refractivity contribution in [3.63, 3.8) is 0 Å². The summed E-state index contributed by atoms with van der Waals surface area (Å²) < 4.78 is 0.791. The van der Waals surface area contributed by atoms with E-state index in [4.69, 9.17) is 0 Å². The first-order valence-corrected chi connectivity index (χ1v) is 5.91. The highest BCUT2D eigenvalue weighted by Gasteiger charge is 2.18. The number of rotatable bonds is 2. The normalized spacial score (nSPS) is 10.6. The van der Waals surface area contributed by atoms with Gasteiger partial charge in [-0.3, -0.25) is 0 Å². The average molecular weight is 282 g/mol. The molecule has 0 unspecified atom stereocenters. The minimum Gasteiger partial charge on any atom is -0.359 e. The van der Waals surface area contributed by atoms with E-state index in [9.17, 15) is 0 Å². The molecule has 0 bridgehead atoms. The van der Waals surface area contributed by atoms with E-state index in [0.717, 1.165) is 16.2 Å². The lowest BCUT2D eigenvalue weighted by Gasteiger charge is -2.17. The van der Waals surface area contributed by atoms with Gasteiger partial charge in [0.2, 0.25) is 0 Å². The Morgan fingerprint density at radius 3 is 2.62 bits per heavy atom. The van der Waals surface area contributed by atoms with Crippen molar-refractivity contribution >= 4 is 21.7 Å². The molecular weight excluding hydrogens is 266 g/mol. The van der Waals surface area contributed by atoms with Crippen LogP contribution in [0, 0.1) is 11.8 Å². The van der Waals surface area contributed by atoms with E-state index < -0.39 is 0 Å². The van der Waals surface area contributed by atoms with Gasteiger partial charge >= 0.3 is 0 Å². The molecule has 3 nitrogen and oxygen atoms in total. The van der Waals surface area contributed by atoms with E-state index in [1.807, 2.05) is 13.0 Å². The quantitative estimate of drug-likeness (QED) is 0.669. The Morgan fingerprint density at radius 2 is 2.06 bits per heavy atom. The lowest BCUT2D eigenvalue weighted by atomic mass is 9.96. The van der Waals surface area contributed by atoms with Crippen LogP contribution in [0.2, 0.25) is 0 Å². The van der Waals surface area contributed by atoms with Crippen LogP contribution in [0.15, 0.2) is 10.7 Å². The van der Waals surface area contributed by atoms with Crippen LogP contribution >= 0.6 is 15.9 Å². The summed E-state index contributed by atoms with van der Waals surface area (Å²) in [6.07, 6.45) is 0. The van der Waals surface area contributed by atoms with E-state index in [2.05, 4.69) is 63.8 Å². The largest absolute Gasteiger partial charge is 0.359 e. The molecule has 16 heavy (non-hydrogen) atoms. The molecular formula is C12H16BrN3. The van der Waals surface area contributed by atoms with Crippen molar-refractivity contribution in [3.8, 4) is 11.8 Å². The van der Waals surface area contributed by atoms with Crippen molar-refractivity contribution in [2.24, 2.45) is 0 Å². The molecule has 0 saturated carbocycles. The van der Waals surface area contributed by atoms with E-state index in [1.54, 1.807) is 0 Å². The van der Waals surface area contributed by atoms with Crippen LogP contribution < -0.4 is 5.32 Å². The summed E-state index contributed by atoms with van der Waals surface area (Å²) in [6, 6.07) is 1.85. The highest BCUT2D eigenvalue weighted by atomic mass is 79.9. The van der Waals surface area contributed by atoms with E-state index >= 15 is 0 Å². The fourth-order valence-electron chi connectivity index (χ4n) is 1.07. The maximum Gasteiger partial charge on any atom is 0.137 e. The third kappa shape index (κ3) is 3.82. The van der Waals surface area contributed by atoms with E-state index in [0.29, 0.717) is 6.54 Å². The minimum absolute atomic E-state index is 0.0589. The molecule has 4 heteroatoms. The summed E-state index contributed by atoms with van der Waals surface area (Å²) in [7, 11) is 0. The Bertz CT molecular complexity index is 424. The Morgan fingerprint density at radius 1 is 1.38 bits per heavy atom. The van der Waals surface area contributed by atoms with Crippen LogP contribution in [-0.2, 0) is 5.41 Å². The number of hydrogen-bond donors (Lipinski definition) is 1. The molecule has 0 amide bonds. The molecule has 0 aliphatic carbocycles. The summed E-state index contributed by atoms with van der Waals surface area (Å²) >= 11 is 3.39. The number of nitrogens with zero attached hydrogens (tertiary/aromatic N) is 2. The van der Waals surface area contributed by atoms with Crippen molar-refractivity contribution in [1.29, 1.82) is 0 Å². The second-order valence-corrected chi connectivity index (χ2v) is 5.24. The fourth-order valence-corrected chi connectivity index (χ4v) is 1.45. The summed E-state index contributed by atoms with van der Waals surface area (Å²) in [6.45, 7) is 8.68. The highest BCUT2D eigenvalue weighted by Crippen LogP contribution is 2.22. The van der Waals surface area contributed by atoms with Crippen molar-refractivity contribution < 1.29 is 0 Å². The number of nitrogens with one attached hydrogen (secondary N) is 1. The van der Waals surface area contributed by atoms with Gasteiger partial charge in [0.05, 0.1) is 6.54 Å². The van der Waals surface area contributed by atoms with Crippen molar-refractivity contribution in [2.45, 2.75) is 33.1 Å².